The number of phenolic OH excluding ortho intramolecular Hbond substituents is 1. The number of hydrogen-bond donors (Lipinski definition) is 4. The van der Waals surface area contributed by atoms with E-state index in [2.05, 4.69) is 41.7 Å². The molecule has 0 radical (unpaired) electrons. The second-order valence-corrected chi connectivity index (χ2v) is 20.6. The molecule has 3 aliphatic heterocycles. The zero-order chi connectivity index (χ0) is 49.5. The van der Waals surface area contributed by atoms with Gasteiger partial charge in [0.15, 0.2) is 5.82 Å². The summed E-state index contributed by atoms with van der Waals surface area (Å²) in [6, 6.07) is 23.4. The van der Waals surface area contributed by atoms with Gasteiger partial charge in [0.1, 0.15) is 29.7 Å². The number of amides is 4. The van der Waals surface area contributed by atoms with E-state index in [9.17, 15) is 24.3 Å². The lowest BCUT2D eigenvalue weighted by Gasteiger charge is -2.41. The van der Waals surface area contributed by atoms with Crippen LogP contribution < -0.4 is 30.9 Å². The number of ether oxygens (including phenoxy) is 1. The third kappa shape index (κ3) is 11.8. The van der Waals surface area contributed by atoms with Crippen LogP contribution in [0.2, 0.25) is 0 Å². The quantitative estimate of drug-likeness (QED) is 0.0689. The minimum atomic E-state index is -0.790. The summed E-state index contributed by atoms with van der Waals surface area (Å²) in [6.45, 7) is 14.1. The van der Waals surface area contributed by atoms with Gasteiger partial charge in [0.05, 0.1) is 46.6 Å². The Bertz CT molecular complexity index is 2640. The predicted octanol–water partition coefficient (Wildman–Crippen LogP) is 7.13. The highest BCUT2D eigenvalue weighted by molar-refractivity contribution is 7.13. The van der Waals surface area contributed by atoms with E-state index in [1.807, 2.05) is 99.6 Å². The summed E-state index contributed by atoms with van der Waals surface area (Å²) in [5, 5.41) is 24.8. The van der Waals surface area contributed by atoms with Crippen molar-refractivity contribution in [2.24, 2.45) is 5.41 Å². The van der Waals surface area contributed by atoms with Gasteiger partial charge in [-0.1, -0.05) is 69.7 Å². The van der Waals surface area contributed by atoms with Crippen molar-refractivity contribution in [3.05, 3.63) is 95.6 Å². The first-order valence-corrected chi connectivity index (χ1v) is 25.4. The van der Waals surface area contributed by atoms with Crippen molar-refractivity contribution in [3.8, 4) is 33.2 Å². The molecular weight excluding hydrogens is 905 g/mol. The third-order valence-electron chi connectivity index (χ3n) is 13.6. The Morgan fingerprint density at radius 3 is 2.33 bits per heavy atom. The van der Waals surface area contributed by atoms with Crippen LogP contribution in [0.25, 0.3) is 21.7 Å². The maximum Gasteiger partial charge on any atom is 0.246 e. The molecule has 3 fully saturated rings. The normalized spacial score (nSPS) is 17.2. The molecule has 17 heteroatoms. The fraction of sp³-hybridized carbons (Fsp3) is 0.453. The molecule has 0 spiro atoms. The number of benzene rings is 3. The molecule has 4 amide bonds. The Labute approximate surface area is 414 Å². The number of rotatable bonds is 17. The number of anilines is 3. The molecule has 0 aliphatic carbocycles. The molecule has 2 aromatic heterocycles. The predicted molar refractivity (Wildman–Crippen MR) is 273 cm³/mol. The second-order valence-electron chi connectivity index (χ2n) is 19.8. The van der Waals surface area contributed by atoms with Crippen molar-refractivity contribution >= 4 is 52.2 Å². The van der Waals surface area contributed by atoms with Gasteiger partial charge in [-0.3, -0.25) is 19.2 Å². The first-order valence-electron chi connectivity index (χ1n) is 24.5. The molecule has 5 heterocycles. The summed E-state index contributed by atoms with van der Waals surface area (Å²) >= 11 is 1.60. The number of hydrogen-bond acceptors (Lipinski definition) is 13. The number of carbonyl (C=O) groups excluding carboxylic acids is 4. The van der Waals surface area contributed by atoms with E-state index in [1.54, 1.807) is 34.4 Å². The number of piperazine rings is 1. The lowest BCUT2D eigenvalue weighted by atomic mass is 9.85. The first-order chi connectivity index (χ1) is 33.6. The highest BCUT2D eigenvalue weighted by atomic mass is 32.1. The van der Waals surface area contributed by atoms with Crippen molar-refractivity contribution in [1.29, 1.82) is 0 Å². The van der Waals surface area contributed by atoms with Gasteiger partial charge in [0, 0.05) is 62.9 Å². The van der Waals surface area contributed by atoms with E-state index in [-0.39, 0.29) is 47.9 Å². The first kappa shape index (κ1) is 49.7. The topological polar surface area (TPSA) is 199 Å². The molecule has 5 aromatic rings. The minimum Gasteiger partial charge on any atom is -0.507 e. The summed E-state index contributed by atoms with van der Waals surface area (Å²) in [6.07, 6.45) is 3.88. The number of para-hydroxylation sites is 1. The van der Waals surface area contributed by atoms with Crippen molar-refractivity contribution < 1.29 is 29.0 Å². The average Bonchev–Trinajstić information content (AvgIpc) is 4.02. The van der Waals surface area contributed by atoms with E-state index in [4.69, 9.17) is 10.5 Å². The van der Waals surface area contributed by atoms with Gasteiger partial charge in [-0.05, 0) is 86.4 Å². The van der Waals surface area contributed by atoms with Crippen LogP contribution >= 0.6 is 11.3 Å². The SMILES string of the molecule is Cc1ncsc1-c1ccc([C@H](C)NC(=O)[C@@H]2CCCN2C(=O)[C@@H](NC(=O)CCCCCC(=O)N2CCN(c3cccc(OC4CN(c5cc(-c6ccccc6O)nnc5N)C4)c3)CC2)C(C)(C)C)cc1. The number of likely N-dealkylation sites (tertiary alicyclic amines) is 1. The average molecular weight is 971 g/mol. The zero-order valence-corrected chi connectivity index (χ0v) is 41.7. The summed E-state index contributed by atoms with van der Waals surface area (Å²) in [4.78, 5) is 67.7. The van der Waals surface area contributed by atoms with Crippen LogP contribution in [0.5, 0.6) is 11.5 Å². The molecule has 370 valence electrons. The van der Waals surface area contributed by atoms with Crippen LogP contribution in [0.3, 0.4) is 0 Å². The fourth-order valence-corrected chi connectivity index (χ4v) is 10.3. The molecule has 5 N–H and O–H groups in total. The lowest BCUT2D eigenvalue weighted by Crippen LogP contribution is -2.57. The Morgan fingerprint density at radius 2 is 1.61 bits per heavy atom. The van der Waals surface area contributed by atoms with Crippen molar-refractivity contribution in [3.63, 3.8) is 0 Å². The van der Waals surface area contributed by atoms with Crippen LogP contribution in [0.15, 0.2) is 84.4 Å². The number of aromatic nitrogens is 3. The summed E-state index contributed by atoms with van der Waals surface area (Å²) in [5.41, 5.74) is 13.4. The molecular formula is C53H66N10O6S. The standard InChI is InChI=1S/C53H66N10O6S/c1-34(36-20-22-37(23-21-36)48-35(2)55-33-70-48)56-51(67)43-16-12-24-63(43)52(68)49(53(3,4)5)57-46(65)18-7-6-8-19-47(66)61-27-25-60(26-28-61)38-13-11-14-39(29-38)69-40-31-62(32-40)44-30-42(58-59-50(44)54)41-15-9-10-17-45(41)64/h9-11,13-15,17,20-23,29-30,33-34,40,43,49,64H,6-8,12,16,18-19,24-28,31-32H2,1-5H3,(H2,54,59)(H,56,67)(H,57,65)/t34-,43-,49+/m0/s1. The highest BCUT2D eigenvalue weighted by Gasteiger charge is 2.42. The molecule has 0 bridgehead atoms. The maximum atomic E-state index is 14.1. The number of thiazole rings is 1. The third-order valence-corrected chi connectivity index (χ3v) is 14.6. The van der Waals surface area contributed by atoms with Gasteiger partial charge >= 0.3 is 0 Å². The number of aryl methyl sites for hydroxylation is 1. The highest BCUT2D eigenvalue weighted by Crippen LogP contribution is 2.35. The number of phenols is 1. The Morgan fingerprint density at radius 1 is 0.871 bits per heavy atom. The van der Waals surface area contributed by atoms with E-state index < -0.39 is 17.5 Å². The summed E-state index contributed by atoms with van der Waals surface area (Å²) in [5.74, 6) is 0.698. The number of nitrogen functional groups attached to an aromatic ring is 1. The van der Waals surface area contributed by atoms with Crippen LogP contribution in [-0.4, -0.2) is 118 Å². The zero-order valence-electron chi connectivity index (χ0n) is 40.9. The Kier molecular flexibility index (Phi) is 15.5. The van der Waals surface area contributed by atoms with E-state index in [0.29, 0.717) is 101 Å². The van der Waals surface area contributed by atoms with Gasteiger partial charge in [0.2, 0.25) is 23.6 Å². The molecule has 3 aromatic carbocycles. The molecule has 0 unspecified atom stereocenters. The molecule has 70 heavy (non-hydrogen) atoms. The van der Waals surface area contributed by atoms with Crippen LogP contribution in [0, 0.1) is 12.3 Å². The summed E-state index contributed by atoms with van der Waals surface area (Å²) in [7, 11) is 0. The Hall–Kier alpha value is -6.75. The summed E-state index contributed by atoms with van der Waals surface area (Å²) < 4.78 is 6.35. The number of nitrogens with two attached hydrogens (primary N) is 1. The maximum absolute atomic E-state index is 14.1. The van der Waals surface area contributed by atoms with Gasteiger partial charge in [-0.15, -0.1) is 21.5 Å². The van der Waals surface area contributed by atoms with Crippen LogP contribution in [0.1, 0.15) is 89.9 Å². The monoisotopic (exact) mass is 970 g/mol. The number of unbranched alkanes of at least 4 members (excludes halogenated alkanes) is 2. The lowest BCUT2D eigenvalue weighted by molar-refractivity contribution is -0.144. The molecule has 0 saturated carbocycles. The van der Waals surface area contributed by atoms with E-state index in [1.165, 1.54) is 0 Å². The number of nitrogens with zero attached hydrogens (tertiary/aromatic N) is 7. The van der Waals surface area contributed by atoms with Crippen molar-refractivity contribution in [2.75, 3.05) is 61.3 Å². The van der Waals surface area contributed by atoms with Crippen molar-refractivity contribution in [1.82, 2.24) is 35.6 Å². The number of aromatic hydroxyl groups is 1. The van der Waals surface area contributed by atoms with Gasteiger partial charge < -0.3 is 45.8 Å². The molecule has 8 rings (SSSR count). The van der Waals surface area contributed by atoms with Crippen LogP contribution in [-0.2, 0) is 19.2 Å². The Balaban J connectivity index is 0.732. The number of carbonyl (C=O) groups is 4. The van der Waals surface area contributed by atoms with Gasteiger partial charge in [-0.2, -0.15) is 0 Å². The second kappa shape index (κ2) is 21.9. The van der Waals surface area contributed by atoms with E-state index in [0.717, 1.165) is 38.8 Å². The van der Waals surface area contributed by atoms with Crippen molar-refractivity contribution in [2.45, 2.75) is 104 Å². The largest absolute Gasteiger partial charge is 0.507 e. The molecule has 3 atom stereocenters. The minimum absolute atomic E-state index is 0.0377. The molecule has 16 nitrogen and oxygen atoms in total. The fourth-order valence-electron chi connectivity index (χ4n) is 9.48. The van der Waals surface area contributed by atoms with Gasteiger partial charge in [-0.25, -0.2) is 4.98 Å². The van der Waals surface area contributed by atoms with Gasteiger partial charge in [0.25, 0.3) is 0 Å². The van der Waals surface area contributed by atoms with E-state index >= 15 is 0 Å². The molecule has 3 saturated heterocycles. The number of nitrogens with one attached hydrogen (secondary N) is 2. The molecule has 3 aliphatic rings. The van der Waals surface area contributed by atoms with Crippen LogP contribution in [0.4, 0.5) is 17.2 Å². The smallest absolute Gasteiger partial charge is 0.246 e.